The predicted molar refractivity (Wildman–Crippen MR) is 142 cm³/mol. The molecule has 2 heterocycles. The lowest BCUT2D eigenvalue weighted by molar-refractivity contribution is -0.258. The Bertz CT molecular complexity index is 1240. The van der Waals surface area contributed by atoms with Crippen LogP contribution in [0.3, 0.4) is 0 Å². The molecule has 2 fully saturated rings. The van der Waals surface area contributed by atoms with Crippen molar-refractivity contribution >= 4 is 28.3 Å². The smallest absolute Gasteiger partial charge is 0.376 e. The van der Waals surface area contributed by atoms with Crippen molar-refractivity contribution in [1.29, 1.82) is 0 Å². The SMILES string of the molecule is CC1(C)CN(C[C@H]2CN(S(=O)(=O)c3ccccc3S)CCN2c2ccc([C@@](C)(O)C(F)(F)F)cc2)CCO1. The van der Waals surface area contributed by atoms with E-state index in [2.05, 4.69) is 17.5 Å². The lowest BCUT2D eigenvalue weighted by atomic mass is 9.95. The number of sulfonamides is 1. The fraction of sp³-hybridized carbons (Fsp3) is 0.538. The van der Waals surface area contributed by atoms with Crippen LogP contribution in [0.5, 0.6) is 0 Å². The molecule has 2 saturated heterocycles. The zero-order valence-corrected chi connectivity index (χ0v) is 23.4. The molecule has 2 aromatic rings. The Kier molecular flexibility index (Phi) is 8.15. The van der Waals surface area contributed by atoms with Crippen molar-refractivity contribution in [2.24, 2.45) is 0 Å². The number of aliphatic hydroxyl groups is 1. The minimum Gasteiger partial charge on any atom is -0.376 e. The number of rotatable bonds is 6. The average Bonchev–Trinajstić information content (AvgIpc) is 2.83. The summed E-state index contributed by atoms with van der Waals surface area (Å²) in [5.74, 6) is 0. The van der Waals surface area contributed by atoms with E-state index in [4.69, 9.17) is 4.74 Å². The van der Waals surface area contributed by atoms with Crippen LogP contribution in [-0.2, 0) is 20.4 Å². The molecular formula is C26H34F3N3O4S2. The lowest BCUT2D eigenvalue weighted by Crippen LogP contribution is -2.60. The molecule has 2 atom stereocenters. The quantitative estimate of drug-likeness (QED) is 0.514. The average molecular weight is 574 g/mol. The molecule has 2 aliphatic rings. The van der Waals surface area contributed by atoms with Crippen LogP contribution in [0.2, 0.25) is 0 Å². The van der Waals surface area contributed by atoms with Gasteiger partial charge in [0, 0.05) is 49.9 Å². The van der Waals surface area contributed by atoms with Crippen molar-refractivity contribution < 1.29 is 31.4 Å². The van der Waals surface area contributed by atoms with Crippen molar-refractivity contribution in [3.63, 3.8) is 0 Å². The maximum Gasteiger partial charge on any atom is 0.421 e. The highest BCUT2D eigenvalue weighted by molar-refractivity contribution is 7.90. The minimum absolute atomic E-state index is 0.141. The fourth-order valence-electron chi connectivity index (χ4n) is 5.06. The van der Waals surface area contributed by atoms with Gasteiger partial charge in [0.15, 0.2) is 5.60 Å². The number of benzene rings is 2. The van der Waals surface area contributed by atoms with Gasteiger partial charge in [-0.2, -0.15) is 17.5 Å². The zero-order valence-electron chi connectivity index (χ0n) is 21.6. The van der Waals surface area contributed by atoms with Gasteiger partial charge in [0.05, 0.1) is 23.1 Å². The van der Waals surface area contributed by atoms with E-state index in [-0.39, 0.29) is 35.2 Å². The fourth-order valence-corrected chi connectivity index (χ4v) is 7.12. The number of thiol groups is 1. The van der Waals surface area contributed by atoms with E-state index in [1.54, 1.807) is 30.3 Å². The summed E-state index contributed by atoms with van der Waals surface area (Å²) in [5.41, 5.74) is -2.92. The van der Waals surface area contributed by atoms with Crippen molar-refractivity contribution in [1.82, 2.24) is 9.21 Å². The molecular weight excluding hydrogens is 539 g/mol. The molecule has 38 heavy (non-hydrogen) atoms. The van der Waals surface area contributed by atoms with E-state index in [0.717, 1.165) is 6.92 Å². The van der Waals surface area contributed by atoms with E-state index in [1.165, 1.54) is 22.5 Å². The van der Waals surface area contributed by atoms with Crippen LogP contribution in [0.25, 0.3) is 0 Å². The van der Waals surface area contributed by atoms with E-state index in [9.17, 15) is 26.7 Å². The second-order valence-electron chi connectivity index (χ2n) is 10.6. The van der Waals surface area contributed by atoms with Crippen molar-refractivity contribution in [3.05, 3.63) is 54.1 Å². The van der Waals surface area contributed by atoms with E-state index in [0.29, 0.717) is 43.4 Å². The van der Waals surface area contributed by atoms with Gasteiger partial charge < -0.3 is 14.7 Å². The molecule has 12 heteroatoms. The number of alkyl halides is 3. The Hall–Kier alpha value is -1.83. The van der Waals surface area contributed by atoms with Crippen LogP contribution in [0.15, 0.2) is 58.3 Å². The standard InChI is InChI=1S/C26H34F3N3O4S2/c1-24(2)18-30(14-15-36-24)16-21-17-31(38(34,35)23-7-5-4-6-22(23)37)12-13-32(21)20-10-8-19(9-11-20)25(3,33)26(27,28)29/h4-11,21,33,37H,12-18H2,1-3H3/t21-,25+/m0/s1. The van der Waals surface area contributed by atoms with Gasteiger partial charge >= 0.3 is 6.18 Å². The number of hydrogen-bond donors (Lipinski definition) is 2. The first-order valence-electron chi connectivity index (χ1n) is 12.4. The van der Waals surface area contributed by atoms with Gasteiger partial charge in [0.2, 0.25) is 10.0 Å². The van der Waals surface area contributed by atoms with E-state index < -0.39 is 21.8 Å². The molecule has 0 unspecified atom stereocenters. The maximum atomic E-state index is 13.5. The van der Waals surface area contributed by atoms with Gasteiger partial charge in [-0.3, -0.25) is 4.90 Å². The van der Waals surface area contributed by atoms with Crippen molar-refractivity contribution in [2.45, 2.75) is 54.0 Å². The topological polar surface area (TPSA) is 73.3 Å². The van der Waals surface area contributed by atoms with Crippen molar-refractivity contribution in [2.75, 3.05) is 50.8 Å². The first-order chi connectivity index (χ1) is 17.6. The van der Waals surface area contributed by atoms with Crippen LogP contribution in [0, 0.1) is 0 Å². The minimum atomic E-state index is -4.82. The molecule has 4 rings (SSSR count). The molecule has 0 saturated carbocycles. The number of morpholine rings is 1. The van der Waals surface area contributed by atoms with Gasteiger partial charge in [0.25, 0.3) is 0 Å². The summed E-state index contributed by atoms with van der Waals surface area (Å²) in [6.07, 6.45) is -4.82. The molecule has 0 amide bonds. The molecule has 210 valence electrons. The van der Waals surface area contributed by atoms with Crippen molar-refractivity contribution in [3.8, 4) is 0 Å². The summed E-state index contributed by atoms with van der Waals surface area (Å²) in [4.78, 5) is 4.77. The van der Waals surface area contributed by atoms with Gasteiger partial charge in [-0.25, -0.2) is 8.42 Å². The molecule has 7 nitrogen and oxygen atoms in total. The van der Waals surface area contributed by atoms with E-state index >= 15 is 0 Å². The summed E-state index contributed by atoms with van der Waals surface area (Å²) in [6.45, 7) is 7.94. The number of anilines is 1. The first kappa shape index (κ1) is 29.2. The molecule has 0 bridgehead atoms. The molecule has 2 aromatic carbocycles. The van der Waals surface area contributed by atoms with Crippen LogP contribution in [-0.4, -0.2) is 86.4 Å². The van der Waals surface area contributed by atoms with Crippen LogP contribution in [0.4, 0.5) is 18.9 Å². The van der Waals surface area contributed by atoms with Crippen LogP contribution < -0.4 is 4.90 Å². The molecule has 0 spiro atoms. The third-order valence-corrected chi connectivity index (χ3v) is 9.68. The molecule has 0 aliphatic carbocycles. The summed E-state index contributed by atoms with van der Waals surface area (Å²) in [6, 6.07) is 11.9. The number of ether oxygens (including phenoxy) is 1. The van der Waals surface area contributed by atoms with E-state index in [1.807, 2.05) is 18.7 Å². The number of nitrogens with zero attached hydrogens (tertiary/aromatic N) is 3. The normalized spacial score (nSPS) is 23.3. The zero-order chi connectivity index (χ0) is 27.9. The highest BCUT2D eigenvalue weighted by atomic mass is 32.2. The lowest BCUT2D eigenvalue weighted by Gasteiger charge is -2.46. The summed E-state index contributed by atoms with van der Waals surface area (Å²) in [5, 5.41) is 10.1. The Labute approximate surface area is 227 Å². The Morgan fingerprint density at radius 1 is 1.08 bits per heavy atom. The monoisotopic (exact) mass is 573 g/mol. The summed E-state index contributed by atoms with van der Waals surface area (Å²) >= 11 is 4.35. The molecule has 1 N–H and O–H groups in total. The number of hydrogen-bond acceptors (Lipinski definition) is 7. The van der Waals surface area contributed by atoms with Gasteiger partial charge in [0.1, 0.15) is 0 Å². The Morgan fingerprint density at radius 3 is 2.34 bits per heavy atom. The Morgan fingerprint density at radius 2 is 1.74 bits per heavy atom. The molecule has 0 aromatic heterocycles. The van der Waals surface area contributed by atoms with Crippen LogP contribution in [0.1, 0.15) is 26.3 Å². The first-order valence-corrected chi connectivity index (χ1v) is 14.3. The van der Waals surface area contributed by atoms with Gasteiger partial charge in [-0.15, -0.1) is 12.6 Å². The second kappa shape index (κ2) is 10.6. The highest BCUT2D eigenvalue weighted by Crippen LogP contribution is 2.39. The predicted octanol–water partition coefficient (Wildman–Crippen LogP) is 3.74. The number of halogens is 3. The Balaban J connectivity index is 1.62. The summed E-state index contributed by atoms with van der Waals surface area (Å²) < 4.78 is 74.4. The van der Waals surface area contributed by atoms with Gasteiger partial charge in [-0.1, -0.05) is 24.3 Å². The third-order valence-electron chi connectivity index (χ3n) is 7.22. The third kappa shape index (κ3) is 6.00. The molecule has 2 aliphatic heterocycles. The second-order valence-corrected chi connectivity index (χ2v) is 13.0. The van der Waals surface area contributed by atoms with Crippen LogP contribution >= 0.6 is 12.6 Å². The summed E-state index contributed by atoms with van der Waals surface area (Å²) in [7, 11) is -3.81. The molecule has 0 radical (unpaired) electrons. The van der Waals surface area contributed by atoms with Gasteiger partial charge in [-0.05, 0) is 50.6 Å². The maximum absolute atomic E-state index is 13.5. The number of piperazine rings is 1. The highest BCUT2D eigenvalue weighted by Gasteiger charge is 2.51. The largest absolute Gasteiger partial charge is 0.421 e.